The lowest BCUT2D eigenvalue weighted by molar-refractivity contribution is -0.142. The number of rotatable bonds is 5. The summed E-state index contributed by atoms with van der Waals surface area (Å²) in [4.78, 5) is 35.9. The van der Waals surface area contributed by atoms with Crippen LogP contribution in [0.2, 0.25) is 0 Å². The summed E-state index contributed by atoms with van der Waals surface area (Å²) in [5, 5.41) is 2.63. The largest absolute Gasteiger partial charge is 0.488 e. The molecule has 6 heteroatoms. The molecule has 1 atom stereocenters. The lowest BCUT2D eigenvalue weighted by Gasteiger charge is -2.18. The van der Waals surface area contributed by atoms with Crippen LogP contribution in [0.15, 0.2) is 54.1 Å². The summed E-state index contributed by atoms with van der Waals surface area (Å²) in [5.74, 6) is -0.394. The number of hydrogen-bond donors (Lipinski definition) is 1. The third-order valence-electron chi connectivity index (χ3n) is 4.04. The highest BCUT2D eigenvalue weighted by Gasteiger charge is 2.24. The van der Waals surface area contributed by atoms with Gasteiger partial charge in [-0.05, 0) is 43.3 Å². The van der Waals surface area contributed by atoms with E-state index in [1.807, 2.05) is 24.3 Å². The van der Waals surface area contributed by atoms with Gasteiger partial charge in [-0.25, -0.2) is 4.79 Å². The molecule has 27 heavy (non-hydrogen) atoms. The Morgan fingerprint density at radius 1 is 1.07 bits per heavy atom. The highest BCUT2D eigenvalue weighted by molar-refractivity contribution is 6.02. The summed E-state index contributed by atoms with van der Waals surface area (Å²) in [6.07, 6.45) is 0.766. The fraction of sp³-hybridized carbons (Fsp3) is 0.190. The number of amides is 1. The number of Topliss-reactive ketones (excluding diaryl/α,β-unsaturated/α-hetero) is 1. The Morgan fingerprint density at radius 2 is 1.78 bits per heavy atom. The Morgan fingerprint density at radius 3 is 2.48 bits per heavy atom. The van der Waals surface area contributed by atoms with Crippen LogP contribution in [0.4, 0.5) is 5.69 Å². The van der Waals surface area contributed by atoms with Gasteiger partial charge in [-0.3, -0.25) is 9.59 Å². The Hall–Kier alpha value is -3.41. The van der Waals surface area contributed by atoms with Crippen LogP contribution < -0.4 is 10.1 Å². The Kier molecular flexibility index (Phi) is 5.35. The molecule has 6 nitrogen and oxygen atoms in total. The number of benzene rings is 2. The van der Waals surface area contributed by atoms with Crippen LogP contribution in [0.3, 0.4) is 0 Å². The predicted octanol–water partition coefficient (Wildman–Crippen LogP) is 3.24. The molecule has 1 aliphatic rings. The summed E-state index contributed by atoms with van der Waals surface area (Å²) in [7, 11) is 0. The number of carbonyl (C=O) groups excluding carboxylic acids is 3. The molecule has 138 valence electrons. The minimum Gasteiger partial charge on any atom is -0.488 e. The Bertz CT molecular complexity index is 914. The number of anilines is 1. The van der Waals surface area contributed by atoms with Crippen molar-refractivity contribution in [2.45, 2.75) is 20.0 Å². The van der Waals surface area contributed by atoms with Crippen molar-refractivity contribution in [3.05, 3.63) is 65.2 Å². The van der Waals surface area contributed by atoms with Crippen LogP contribution in [0.5, 0.6) is 5.75 Å². The summed E-state index contributed by atoms with van der Waals surface area (Å²) in [5.41, 5.74) is 2.13. The molecule has 0 bridgehead atoms. The molecule has 0 unspecified atom stereocenters. The molecule has 0 fully saturated rings. The Labute approximate surface area is 156 Å². The topological polar surface area (TPSA) is 81.7 Å². The lowest BCUT2D eigenvalue weighted by atomic mass is 10.1. The van der Waals surface area contributed by atoms with Gasteiger partial charge in [0.25, 0.3) is 0 Å². The second-order valence-electron chi connectivity index (χ2n) is 6.17. The maximum absolute atomic E-state index is 12.5. The zero-order chi connectivity index (χ0) is 19.4. The van der Waals surface area contributed by atoms with E-state index in [0.29, 0.717) is 22.6 Å². The maximum atomic E-state index is 12.5. The predicted molar refractivity (Wildman–Crippen MR) is 101 cm³/mol. The van der Waals surface area contributed by atoms with Gasteiger partial charge in [0.1, 0.15) is 12.4 Å². The summed E-state index contributed by atoms with van der Waals surface area (Å²) >= 11 is 0. The molecular formula is C21H19NO5. The monoisotopic (exact) mass is 365 g/mol. The molecule has 1 heterocycles. The molecule has 0 saturated carbocycles. The number of carbonyl (C=O) groups is 3. The molecular weight excluding hydrogens is 346 g/mol. The van der Waals surface area contributed by atoms with Crippen molar-refractivity contribution in [2.24, 2.45) is 0 Å². The van der Waals surface area contributed by atoms with E-state index in [2.05, 4.69) is 5.32 Å². The highest BCUT2D eigenvalue weighted by Crippen LogP contribution is 2.26. The molecule has 1 N–H and O–H groups in total. The number of ketones is 1. The molecule has 3 rings (SSSR count). The van der Waals surface area contributed by atoms with Crippen molar-refractivity contribution in [3.8, 4) is 5.75 Å². The van der Waals surface area contributed by atoms with E-state index < -0.39 is 12.1 Å². The first kappa shape index (κ1) is 18.4. The van der Waals surface area contributed by atoms with Crippen LogP contribution in [0.25, 0.3) is 6.08 Å². The number of para-hydroxylation sites is 1. The standard InChI is InChI=1S/C21H19NO5/c1-13(20(24)15-7-9-18(10-8-15)22-14(2)23)27-21(25)17-11-16-5-3-4-6-19(16)26-12-17/h3-11,13H,12H2,1-2H3,(H,22,23)/t13-/m0/s1. The molecule has 0 radical (unpaired) electrons. The third-order valence-corrected chi connectivity index (χ3v) is 4.04. The van der Waals surface area contributed by atoms with Crippen LogP contribution >= 0.6 is 0 Å². The average molecular weight is 365 g/mol. The lowest BCUT2D eigenvalue weighted by Crippen LogP contribution is -2.27. The van der Waals surface area contributed by atoms with Gasteiger partial charge in [-0.2, -0.15) is 0 Å². The quantitative estimate of drug-likeness (QED) is 0.650. The zero-order valence-electron chi connectivity index (χ0n) is 15.0. The van der Waals surface area contributed by atoms with Gasteiger partial charge in [-0.15, -0.1) is 0 Å². The van der Waals surface area contributed by atoms with Gasteiger partial charge in [0.15, 0.2) is 6.10 Å². The van der Waals surface area contributed by atoms with Gasteiger partial charge in [0.05, 0.1) is 5.57 Å². The van der Waals surface area contributed by atoms with E-state index in [-0.39, 0.29) is 18.3 Å². The molecule has 2 aromatic rings. The van der Waals surface area contributed by atoms with Crippen LogP contribution in [-0.2, 0) is 14.3 Å². The van der Waals surface area contributed by atoms with Gasteiger partial charge < -0.3 is 14.8 Å². The summed E-state index contributed by atoms with van der Waals surface area (Å²) in [6, 6.07) is 13.8. The second kappa shape index (κ2) is 7.86. The van der Waals surface area contributed by atoms with E-state index >= 15 is 0 Å². The number of esters is 1. The van der Waals surface area contributed by atoms with Crippen molar-refractivity contribution in [3.63, 3.8) is 0 Å². The minimum atomic E-state index is -0.942. The van der Waals surface area contributed by atoms with Gasteiger partial charge in [0.2, 0.25) is 11.7 Å². The van der Waals surface area contributed by atoms with Crippen LogP contribution in [0.1, 0.15) is 29.8 Å². The molecule has 2 aromatic carbocycles. The molecule has 1 aliphatic heterocycles. The highest BCUT2D eigenvalue weighted by atomic mass is 16.5. The number of hydrogen-bond acceptors (Lipinski definition) is 5. The van der Waals surface area contributed by atoms with Crippen LogP contribution in [-0.4, -0.2) is 30.4 Å². The molecule has 0 aliphatic carbocycles. The van der Waals surface area contributed by atoms with Gasteiger partial charge in [-0.1, -0.05) is 18.2 Å². The van der Waals surface area contributed by atoms with Gasteiger partial charge >= 0.3 is 5.97 Å². The summed E-state index contributed by atoms with van der Waals surface area (Å²) < 4.78 is 10.8. The maximum Gasteiger partial charge on any atom is 0.338 e. The number of ether oxygens (including phenoxy) is 2. The van der Waals surface area contributed by atoms with E-state index in [4.69, 9.17) is 9.47 Å². The fourth-order valence-electron chi connectivity index (χ4n) is 2.68. The second-order valence-corrected chi connectivity index (χ2v) is 6.17. The van der Waals surface area contributed by atoms with Crippen molar-refractivity contribution in [1.82, 2.24) is 0 Å². The normalized spacial score (nSPS) is 13.5. The first-order chi connectivity index (χ1) is 12.9. The first-order valence-electron chi connectivity index (χ1n) is 8.49. The zero-order valence-corrected chi connectivity index (χ0v) is 15.0. The van der Waals surface area contributed by atoms with Crippen molar-refractivity contribution < 1.29 is 23.9 Å². The van der Waals surface area contributed by atoms with E-state index in [0.717, 1.165) is 5.56 Å². The minimum absolute atomic E-state index is 0.0994. The van der Waals surface area contributed by atoms with E-state index in [1.165, 1.54) is 13.8 Å². The van der Waals surface area contributed by atoms with Crippen LogP contribution in [0, 0.1) is 0 Å². The molecule has 1 amide bonds. The van der Waals surface area contributed by atoms with E-state index in [1.54, 1.807) is 30.3 Å². The molecule has 0 spiro atoms. The SMILES string of the molecule is CC(=O)Nc1ccc(C(=O)[C@H](C)OC(=O)C2=Cc3ccccc3OC2)cc1. The van der Waals surface area contributed by atoms with Crippen molar-refractivity contribution >= 4 is 29.4 Å². The van der Waals surface area contributed by atoms with Crippen molar-refractivity contribution in [1.29, 1.82) is 0 Å². The smallest absolute Gasteiger partial charge is 0.338 e. The molecule has 0 saturated heterocycles. The number of nitrogens with one attached hydrogen (secondary N) is 1. The molecule has 0 aromatic heterocycles. The van der Waals surface area contributed by atoms with E-state index in [9.17, 15) is 14.4 Å². The fourth-order valence-corrected chi connectivity index (χ4v) is 2.68. The van der Waals surface area contributed by atoms with Crippen molar-refractivity contribution in [2.75, 3.05) is 11.9 Å². The van der Waals surface area contributed by atoms with Gasteiger partial charge in [0, 0.05) is 23.7 Å². The Balaban J connectivity index is 1.65. The first-order valence-corrected chi connectivity index (χ1v) is 8.49. The summed E-state index contributed by atoms with van der Waals surface area (Å²) in [6.45, 7) is 3.03. The number of fused-ring (bicyclic) bond motifs is 1. The average Bonchev–Trinajstić information content (AvgIpc) is 2.67. The third kappa shape index (κ3) is 4.41.